The zero-order chi connectivity index (χ0) is 20.8. The average Bonchev–Trinajstić information content (AvgIpc) is 3.21. The van der Waals surface area contributed by atoms with Gasteiger partial charge in [-0.05, 0) is 44.7 Å². The minimum Gasteiger partial charge on any atom is -0.358 e. The van der Waals surface area contributed by atoms with E-state index in [9.17, 15) is 0 Å². The summed E-state index contributed by atoms with van der Waals surface area (Å²) in [6.45, 7) is 10.9. The quantitative estimate of drug-likeness (QED) is 0.235. The van der Waals surface area contributed by atoms with E-state index >= 15 is 0 Å². The van der Waals surface area contributed by atoms with Gasteiger partial charge in [0.15, 0.2) is 5.96 Å². The summed E-state index contributed by atoms with van der Waals surface area (Å²) >= 11 is 0. The first-order chi connectivity index (χ1) is 14.1. The number of para-hydroxylation sites is 1. The van der Waals surface area contributed by atoms with Gasteiger partial charge in [-0.25, -0.2) is 4.99 Å². The van der Waals surface area contributed by atoms with Crippen LogP contribution in [0, 0.1) is 6.92 Å². The van der Waals surface area contributed by atoms with Crippen LogP contribution in [-0.4, -0.2) is 33.8 Å². The standard InChI is InChI=1S/C23H34N6.HI/c1-6-20-19(22(7-2)29(5)28-20)15-26-23(24-8-3)25-14-13-17-16(4)27-21-12-10-9-11-18(17)21;/h9-12,27H,6-8,13-15H2,1-5H3,(H2,24,25,26);1H. The largest absolute Gasteiger partial charge is 0.358 e. The van der Waals surface area contributed by atoms with Crippen LogP contribution in [0.25, 0.3) is 10.9 Å². The van der Waals surface area contributed by atoms with Gasteiger partial charge in [0.25, 0.3) is 0 Å². The molecule has 0 aliphatic heterocycles. The maximum Gasteiger partial charge on any atom is 0.191 e. The monoisotopic (exact) mass is 522 g/mol. The van der Waals surface area contributed by atoms with Crippen molar-refractivity contribution in [3.8, 4) is 0 Å². The molecule has 2 heterocycles. The second kappa shape index (κ2) is 11.4. The number of aromatic nitrogens is 3. The predicted molar refractivity (Wildman–Crippen MR) is 137 cm³/mol. The maximum absolute atomic E-state index is 4.85. The van der Waals surface area contributed by atoms with Gasteiger partial charge in [-0.2, -0.15) is 5.10 Å². The summed E-state index contributed by atoms with van der Waals surface area (Å²) in [6, 6.07) is 8.50. The molecule has 1 aromatic carbocycles. The molecular formula is C23H35IN6. The van der Waals surface area contributed by atoms with Gasteiger partial charge in [0.1, 0.15) is 0 Å². The molecule has 0 unspecified atom stereocenters. The fourth-order valence-corrected chi connectivity index (χ4v) is 4.04. The summed E-state index contributed by atoms with van der Waals surface area (Å²) in [5, 5.41) is 12.8. The Morgan fingerprint density at radius 3 is 2.57 bits per heavy atom. The molecule has 0 spiro atoms. The number of aryl methyl sites for hydroxylation is 3. The van der Waals surface area contributed by atoms with Crippen LogP contribution in [0.5, 0.6) is 0 Å². The van der Waals surface area contributed by atoms with Gasteiger partial charge >= 0.3 is 0 Å². The van der Waals surface area contributed by atoms with Crippen molar-refractivity contribution < 1.29 is 0 Å². The smallest absolute Gasteiger partial charge is 0.191 e. The lowest BCUT2D eigenvalue weighted by atomic mass is 10.1. The molecule has 2 aromatic heterocycles. The Morgan fingerprint density at radius 2 is 1.87 bits per heavy atom. The number of guanidine groups is 1. The van der Waals surface area contributed by atoms with Crippen LogP contribution < -0.4 is 10.6 Å². The van der Waals surface area contributed by atoms with Crippen molar-refractivity contribution >= 4 is 40.8 Å². The SMILES string of the molecule is CCNC(=NCc1c(CC)nn(C)c1CC)NCCc1c(C)[nH]c2ccccc12.I. The molecule has 3 rings (SSSR count). The molecule has 0 amide bonds. The molecule has 30 heavy (non-hydrogen) atoms. The van der Waals surface area contributed by atoms with Gasteiger partial charge in [-0.15, -0.1) is 24.0 Å². The van der Waals surface area contributed by atoms with Crippen molar-refractivity contribution in [1.82, 2.24) is 25.4 Å². The number of aliphatic imine (C=N–C) groups is 1. The summed E-state index contributed by atoms with van der Waals surface area (Å²) in [5.41, 5.74) is 7.51. The highest BCUT2D eigenvalue weighted by molar-refractivity contribution is 14.0. The second-order valence-corrected chi connectivity index (χ2v) is 7.35. The molecule has 3 aromatic rings. The van der Waals surface area contributed by atoms with Gasteiger partial charge in [-0.3, -0.25) is 4.68 Å². The van der Waals surface area contributed by atoms with Gasteiger partial charge in [0, 0.05) is 48.0 Å². The number of hydrogen-bond acceptors (Lipinski definition) is 2. The highest BCUT2D eigenvalue weighted by atomic mass is 127. The first kappa shape index (κ1) is 24.2. The molecule has 6 nitrogen and oxygen atoms in total. The Bertz CT molecular complexity index is 985. The Hall–Kier alpha value is -2.03. The van der Waals surface area contributed by atoms with E-state index in [-0.39, 0.29) is 24.0 Å². The first-order valence-corrected chi connectivity index (χ1v) is 10.7. The molecule has 0 atom stereocenters. The van der Waals surface area contributed by atoms with Gasteiger partial charge in [0.05, 0.1) is 12.2 Å². The predicted octanol–water partition coefficient (Wildman–Crippen LogP) is 4.25. The molecule has 0 saturated carbocycles. The number of nitrogens with zero attached hydrogens (tertiary/aromatic N) is 3. The Morgan fingerprint density at radius 1 is 1.10 bits per heavy atom. The summed E-state index contributed by atoms with van der Waals surface area (Å²) in [6.07, 6.45) is 2.86. The van der Waals surface area contributed by atoms with Crippen molar-refractivity contribution in [3.05, 3.63) is 52.5 Å². The summed E-state index contributed by atoms with van der Waals surface area (Å²) in [4.78, 5) is 8.33. The molecule has 164 valence electrons. The third-order valence-corrected chi connectivity index (χ3v) is 5.46. The van der Waals surface area contributed by atoms with E-state index in [4.69, 9.17) is 4.99 Å². The van der Waals surface area contributed by atoms with Crippen LogP contribution in [0.1, 0.15) is 49.0 Å². The molecule has 0 fully saturated rings. The van der Waals surface area contributed by atoms with Crippen molar-refractivity contribution in [2.24, 2.45) is 12.0 Å². The van der Waals surface area contributed by atoms with E-state index < -0.39 is 0 Å². The lowest BCUT2D eigenvalue weighted by Gasteiger charge is -2.12. The van der Waals surface area contributed by atoms with Crippen LogP contribution in [-0.2, 0) is 32.9 Å². The fraction of sp³-hybridized carbons (Fsp3) is 0.478. The molecule has 0 aliphatic rings. The number of nitrogens with one attached hydrogen (secondary N) is 3. The molecule has 0 radical (unpaired) electrons. The van der Waals surface area contributed by atoms with E-state index in [1.807, 2.05) is 11.7 Å². The molecule has 0 bridgehead atoms. The minimum absolute atomic E-state index is 0. The Labute approximate surface area is 197 Å². The molecule has 0 saturated heterocycles. The number of aromatic amines is 1. The van der Waals surface area contributed by atoms with Gasteiger partial charge < -0.3 is 15.6 Å². The Balaban J connectivity index is 0.00000320. The number of H-pyrrole nitrogens is 1. The normalized spacial score (nSPS) is 11.6. The third-order valence-electron chi connectivity index (χ3n) is 5.46. The molecule has 3 N–H and O–H groups in total. The first-order valence-electron chi connectivity index (χ1n) is 10.7. The van der Waals surface area contributed by atoms with Crippen molar-refractivity contribution in [1.29, 1.82) is 0 Å². The van der Waals surface area contributed by atoms with E-state index in [0.717, 1.165) is 44.0 Å². The number of fused-ring (bicyclic) bond motifs is 1. The van der Waals surface area contributed by atoms with E-state index in [1.165, 1.54) is 33.4 Å². The zero-order valence-corrected chi connectivity index (χ0v) is 21.1. The summed E-state index contributed by atoms with van der Waals surface area (Å²) in [7, 11) is 2.03. The lowest BCUT2D eigenvalue weighted by Crippen LogP contribution is -2.38. The highest BCUT2D eigenvalue weighted by Gasteiger charge is 2.13. The highest BCUT2D eigenvalue weighted by Crippen LogP contribution is 2.22. The topological polar surface area (TPSA) is 70.0 Å². The van der Waals surface area contributed by atoms with Crippen LogP contribution >= 0.6 is 24.0 Å². The van der Waals surface area contributed by atoms with Crippen molar-refractivity contribution in [2.45, 2.75) is 53.5 Å². The van der Waals surface area contributed by atoms with Gasteiger partial charge in [0.2, 0.25) is 0 Å². The lowest BCUT2D eigenvalue weighted by molar-refractivity contribution is 0.703. The van der Waals surface area contributed by atoms with E-state index in [0.29, 0.717) is 6.54 Å². The van der Waals surface area contributed by atoms with Crippen LogP contribution in [0.2, 0.25) is 0 Å². The number of hydrogen-bond donors (Lipinski definition) is 3. The molecule has 0 aliphatic carbocycles. The third kappa shape index (κ3) is 5.36. The second-order valence-electron chi connectivity index (χ2n) is 7.35. The fourth-order valence-electron chi connectivity index (χ4n) is 4.04. The van der Waals surface area contributed by atoms with Crippen molar-refractivity contribution in [3.63, 3.8) is 0 Å². The molecular weight excluding hydrogens is 487 g/mol. The van der Waals surface area contributed by atoms with Gasteiger partial charge in [-0.1, -0.05) is 32.0 Å². The number of halogens is 1. The summed E-state index contributed by atoms with van der Waals surface area (Å²) < 4.78 is 2.00. The maximum atomic E-state index is 4.85. The van der Waals surface area contributed by atoms with E-state index in [2.05, 4.69) is 72.7 Å². The Kier molecular flexibility index (Phi) is 9.20. The van der Waals surface area contributed by atoms with Crippen LogP contribution in [0.3, 0.4) is 0 Å². The minimum atomic E-state index is 0. The molecule has 7 heteroatoms. The number of benzene rings is 1. The van der Waals surface area contributed by atoms with Crippen molar-refractivity contribution in [2.75, 3.05) is 13.1 Å². The zero-order valence-electron chi connectivity index (χ0n) is 18.8. The van der Waals surface area contributed by atoms with Crippen LogP contribution in [0.15, 0.2) is 29.3 Å². The average molecular weight is 522 g/mol. The summed E-state index contributed by atoms with van der Waals surface area (Å²) in [5.74, 6) is 0.859. The number of rotatable bonds is 8. The van der Waals surface area contributed by atoms with E-state index in [1.54, 1.807) is 0 Å². The van der Waals surface area contributed by atoms with Crippen LogP contribution in [0.4, 0.5) is 0 Å².